The van der Waals surface area contributed by atoms with E-state index in [4.69, 9.17) is 9.84 Å². The number of fused-ring (bicyclic) bond motifs is 1. The third kappa shape index (κ3) is 3.25. The Bertz CT molecular complexity index is 1120. The molecular weight excluding hydrogens is 352 g/mol. The number of imidazole rings is 1. The van der Waals surface area contributed by atoms with Crippen LogP contribution in [0.3, 0.4) is 0 Å². The first-order valence-corrected chi connectivity index (χ1v) is 7.91. The smallest absolute Gasteiger partial charge is 0.410 e. The van der Waals surface area contributed by atoms with Gasteiger partial charge >= 0.3 is 12.1 Å². The van der Waals surface area contributed by atoms with E-state index >= 15 is 0 Å². The number of amides is 1. The monoisotopic (exact) mass is 366 g/mol. The van der Waals surface area contributed by atoms with Gasteiger partial charge in [0.25, 0.3) is 5.95 Å². The highest BCUT2D eigenvalue weighted by Gasteiger charge is 2.18. The zero-order valence-corrected chi connectivity index (χ0v) is 14.1. The molecule has 1 aromatic carbocycles. The fourth-order valence-corrected chi connectivity index (χ4v) is 2.59. The van der Waals surface area contributed by atoms with E-state index in [1.807, 2.05) is 24.3 Å². The number of hydrogen-bond acceptors (Lipinski definition) is 7. The molecule has 4 aromatic rings. The zero-order chi connectivity index (χ0) is 18.8. The van der Waals surface area contributed by atoms with Crippen molar-refractivity contribution in [2.75, 3.05) is 5.32 Å². The van der Waals surface area contributed by atoms with Gasteiger partial charge in [-0.1, -0.05) is 23.3 Å². The number of aryl methyl sites for hydroxylation is 1. The van der Waals surface area contributed by atoms with Crippen LogP contribution in [0.1, 0.15) is 5.69 Å². The minimum absolute atomic E-state index is 0.0870. The summed E-state index contributed by atoms with van der Waals surface area (Å²) in [6.45, 7) is 0.0870. The van der Waals surface area contributed by atoms with Crippen molar-refractivity contribution in [1.29, 1.82) is 0 Å². The number of carboxylic acid groups (broad SMARTS) is 1. The number of pyridine rings is 1. The van der Waals surface area contributed by atoms with E-state index in [9.17, 15) is 4.79 Å². The molecule has 0 bridgehead atoms. The second-order valence-electron chi connectivity index (χ2n) is 5.55. The van der Waals surface area contributed by atoms with Crippen molar-refractivity contribution < 1.29 is 14.6 Å². The number of aromatic nitrogens is 7. The number of benzene rings is 1. The molecule has 0 radical (unpaired) electrons. The first-order valence-electron chi connectivity index (χ1n) is 7.91. The van der Waals surface area contributed by atoms with Crippen LogP contribution in [0.15, 0.2) is 42.5 Å². The summed E-state index contributed by atoms with van der Waals surface area (Å²) in [5.41, 5.74) is 2.06. The van der Waals surface area contributed by atoms with Crippen molar-refractivity contribution in [3.63, 3.8) is 0 Å². The van der Waals surface area contributed by atoms with Crippen molar-refractivity contribution in [3.05, 3.63) is 48.2 Å². The van der Waals surface area contributed by atoms with Gasteiger partial charge in [-0.3, -0.25) is 5.32 Å². The number of nitrogens with zero attached hydrogens (tertiary/aromatic N) is 7. The molecule has 4 rings (SSSR count). The average Bonchev–Trinajstić information content (AvgIpc) is 3.22. The van der Waals surface area contributed by atoms with Gasteiger partial charge in [0.2, 0.25) is 0 Å². The number of hydrogen-bond donors (Lipinski definition) is 2. The molecule has 0 fully saturated rings. The molecule has 3 aromatic heterocycles. The number of rotatable bonds is 5. The number of anilines is 1. The van der Waals surface area contributed by atoms with Gasteiger partial charge in [0.1, 0.15) is 12.4 Å². The number of para-hydroxylation sites is 2. The summed E-state index contributed by atoms with van der Waals surface area (Å²) < 4.78 is 9.07. The molecule has 0 saturated carbocycles. The fourth-order valence-electron chi connectivity index (χ4n) is 2.59. The maximum absolute atomic E-state index is 10.7. The molecule has 136 valence electrons. The van der Waals surface area contributed by atoms with Crippen molar-refractivity contribution in [3.8, 4) is 12.0 Å². The summed E-state index contributed by atoms with van der Waals surface area (Å²) in [4.78, 5) is 19.4. The third-order valence-corrected chi connectivity index (χ3v) is 3.72. The second kappa shape index (κ2) is 6.71. The van der Waals surface area contributed by atoms with Gasteiger partial charge < -0.3 is 9.84 Å². The van der Waals surface area contributed by atoms with Gasteiger partial charge in [-0.15, -0.1) is 0 Å². The summed E-state index contributed by atoms with van der Waals surface area (Å²) in [5, 5.41) is 22.5. The number of tetrazole rings is 1. The van der Waals surface area contributed by atoms with Crippen LogP contribution >= 0.6 is 0 Å². The maximum Gasteiger partial charge on any atom is 0.410 e. The van der Waals surface area contributed by atoms with Gasteiger partial charge in [-0.2, -0.15) is 4.98 Å². The largest absolute Gasteiger partial charge is 0.465 e. The topological polar surface area (TPSA) is 133 Å². The Morgan fingerprint density at radius 2 is 2.04 bits per heavy atom. The van der Waals surface area contributed by atoms with Crippen molar-refractivity contribution in [2.24, 2.45) is 7.05 Å². The fraction of sp³-hybridized carbons (Fsp3) is 0.125. The van der Waals surface area contributed by atoms with Crippen LogP contribution in [0.2, 0.25) is 0 Å². The molecule has 0 unspecified atom stereocenters. The van der Waals surface area contributed by atoms with Crippen LogP contribution in [0.25, 0.3) is 17.0 Å². The summed E-state index contributed by atoms with van der Waals surface area (Å²) >= 11 is 0. The molecule has 1 amide bonds. The predicted octanol–water partition coefficient (Wildman–Crippen LogP) is 1.61. The van der Waals surface area contributed by atoms with E-state index in [2.05, 4.69) is 30.8 Å². The van der Waals surface area contributed by atoms with E-state index in [1.54, 1.807) is 29.8 Å². The molecular formula is C16H14N8O3. The molecule has 0 aliphatic heterocycles. The average molecular weight is 366 g/mol. The third-order valence-electron chi connectivity index (χ3n) is 3.72. The van der Waals surface area contributed by atoms with E-state index in [-0.39, 0.29) is 12.4 Å². The minimum Gasteiger partial charge on any atom is -0.465 e. The Balaban J connectivity index is 1.67. The Labute approximate surface area is 152 Å². The number of nitrogens with one attached hydrogen (secondary N) is 1. The molecule has 0 aliphatic rings. The lowest BCUT2D eigenvalue weighted by Gasteiger charge is -2.09. The summed E-state index contributed by atoms with van der Waals surface area (Å²) in [6, 6.07) is 12.8. The van der Waals surface area contributed by atoms with Crippen molar-refractivity contribution >= 4 is 22.9 Å². The molecule has 3 heterocycles. The van der Waals surface area contributed by atoms with Crippen LogP contribution in [0, 0.1) is 0 Å². The summed E-state index contributed by atoms with van der Waals surface area (Å²) in [5.74, 6) is 0.669. The Morgan fingerprint density at radius 1 is 1.19 bits per heavy atom. The first kappa shape index (κ1) is 16.4. The standard InChI is InChI=1S/C16H14N8O3/c1-23-14(20-21-22-23)24-12-7-3-2-6-11(12)18-15(24)27-9-10-5-4-8-13(17-10)19-16(25)26/h2-8H,9H2,1H3,(H,17,19)(H,25,26). The van der Waals surface area contributed by atoms with Gasteiger partial charge in [0.15, 0.2) is 0 Å². The molecule has 11 heteroatoms. The zero-order valence-electron chi connectivity index (χ0n) is 14.1. The van der Waals surface area contributed by atoms with Gasteiger partial charge in [0, 0.05) is 7.05 Å². The SMILES string of the molecule is Cn1nnnc1-n1c(OCc2cccc(NC(=O)O)n2)nc2ccccc21. The highest BCUT2D eigenvalue weighted by molar-refractivity contribution is 5.81. The van der Waals surface area contributed by atoms with Crippen molar-refractivity contribution in [1.82, 2.24) is 34.7 Å². The van der Waals surface area contributed by atoms with E-state index in [0.29, 0.717) is 17.7 Å². The molecule has 2 N–H and O–H groups in total. The number of carbonyl (C=O) groups is 1. The van der Waals surface area contributed by atoms with Gasteiger partial charge in [-0.25, -0.2) is 19.0 Å². The first-order chi connectivity index (χ1) is 13.1. The van der Waals surface area contributed by atoms with E-state index in [1.165, 1.54) is 4.68 Å². The highest BCUT2D eigenvalue weighted by Crippen LogP contribution is 2.25. The number of ether oxygens (including phenoxy) is 1. The molecule has 27 heavy (non-hydrogen) atoms. The van der Waals surface area contributed by atoms with Gasteiger partial charge in [0.05, 0.1) is 16.7 Å². The van der Waals surface area contributed by atoms with E-state index in [0.717, 1.165) is 11.0 Å². The van der Waals surface area contributed by atoms with Crippen LogP contribution in [0.4, 0.5) is 10.6 Å². The highest BCUT2D eigenvalue weighted by atomic mass is 16.5. The lowest BCUT2D eigenvalue weighted by atomic mass is 10.3. The van der Waals surface area contributed by atoms with Gasteiger partial charge in [-0.05, 0) is 34.7 Å². The van der Waals surface area contributed by atoms with Crippen LogP contribution in [0.5, 0.6) is 6.01 Å². The van der Waals surface area contributed by atoms with Crippen LogP contribution in [-0.2, 0) is 13.7 Å². The maximum atomic E-state index is 10.7. The Kier molecular flexibility index (Phi) is 4.09. The molecule has 11 nitrogen and oxygen atoms in total. The predicted molar refractivity (Wildman–Crippen MR) is 93.6 cm³/mol. The molecule has 0 saturated heterocycles. The summed E-state index contributed by atoms with van der Waals surface area (Å²) in [7, 11) is 1.72. The second-order valence-corrected chi connectivity index (χ2v) is 5.55. The minimum atomic E-state index is -1.18. The van der Waals surface area contributed by atoms with Crippen LogP contribution < -0.4 is 10.1 Å². The van der Waals surface area contributed by atoms with Crippen LogP contribution in [-0.4, -0.2) is 45.9 Å². The quantitative estimate of drug-likeness (QED) is 0.544. The lowest BCUT2D eigenvalue weighted by molar-refractivity contribution is 0.209. The molecule has 0 aliphatic carbocycles. The normalized spacial score (nSPS) is 10.9. The Hall–Kier alpha value is -4.02. The molecule has 0 spiro atoms. The van der Waals surface area contributed by atoms with E-state index < -0.39 is 6.09 Å². The van der Waals surface area contributed by atoms with Crippen molar-refractivity contribution in [2.45, 2.75) is 6.61 Å². The summed E-state index contributed by atoms with van der Waals surface area (Å²) in [6.07, 6.45) is -1.18. The Morgan fingerprint density at radius 3 is 2.81 bits per heavy atom. The lowest BCUT2D eigenvalue weighted by Crippen LogP contribution is -2.11. The molecule has 0 atom stereocenters.